The summed E-state index contributed by atoms with van der Waals surface area (Å²) >= 11 is 0. The molecule has 1 aromatic heterocycles. The lowest BCUT2D eigenvalue weighted by atomic mass is 10.1. The fourth-order valence-corrected chi connectivity index (χ4v) is 2.34. The van der Waals surface area contributed by atoms with Crippen molar-refractivity contribution in [2.24, 2.45) is 0 Å². The third-order valence-corrected chi connectivity index (χ3v) is 3.18. The molecule has 2 rings (SSSR count). The lowest BCUT2D eigenvalue weighted by Gasteiger charge is -2.23. The zero-order valence-electron chi connectivity index (χ0n) is 10.1. The number of nitrogens with zero attached hydrogens (tertiary/aromatic N) is 2. The number of aromatic nitrogens is 1. The van der Waals surface area contributed by atoms with Crippen molar-refractivity contribution in [3.05, 3.63) is 17.5 Å². The first kappa shape index (κ1) is 12.1. The molecule has 5 heteroatoms. The molecule has 1 N–H and O–H groups in total. The van der Waals surface area contributed by atoms with E-state index in [4.69, 9.17) is 9.63 Å². The maximum absolute atomic E-state index is 12.2. The van der Waals surface area contributed by atoms with Crippen LogP contribution < -0.4 is 0 Å². The average molecular weight is 238 g/mol. The zero-order valence-corrected chi connectivity index (χ0v) is 10.1. The molecule has 1 aliphatic heterocycles. The first-order valence-corrected chi connectivity index (χ1v) is 6.07. The van der Waals surface area contributed by atoms with E-state index >= 15 is 0 Å². The van der Waals surface area contributed by atoms with Gasteiger partial charge in [0, 0.05) is 25.3 Å². The second kappa shape index (κ2) is 5.31. The van der Waals surface area contributed by atoms with E-state index in [1.807, 2.05) is 4.90 Å². The van der Waals surface area contributed by atoms with Crippen LogP contribution >= 0.6 is 0 Å². The van der Waals surface area contributed by atoms with Crippen LogP contribution in [-0.2, 0) is 0 Å². The molecular formula is C12H18N2O3. The van der Waals surface area contributed by atoms with Gasteiger partial charge in [0.05, 0.1) is 0 Å². The molecule has 0 bridgehead atoms. The molecule has 1 amide bonds. The molecule has 1 unspecified atom stereocenters. The van der Waals surface area contributed by atoms with Gasteiger partial charge in [-0.25, -0.2) is 0 Å². The van der Waals surface area contributed by atoms with Gasteiger partial charge in [-0.05, 0) is 32.6 Å². The molecule has 94 valence electrons. The Balaban J connectivity index is 2.03. The van der Waals surface area contributed by atoms with Crippen molar-refractivity contribution in [1.82, 2.24) is 10.1 Å². The Kier molecular flexibility index (Phi) is 3.78. The Morgan fingerprint density at radius 2 is 2.53 bits per heavy atom. The van der Waals surface area contributed by atoms with Crippen LogP contribution in [0.15, 0.2) is 10.6 Å². The number of hydrogen-bond acceptors (Lipinski definition) is 4. The van der Waals surface area contributed by atoms with Gasteiger partial charge in [0.25, 0.3) is 5.91 Å². The fraction of sp³-hybridized carbons (Fsp3) is 0.667. The van der Waals surface area contributed by atoms with Crippen molar-refractivity contribution in [3.63, 3.8) is 0 Å². The van der Waals surface area contributed by atoms with Gasteiger partial charge in [-0.2, -0.15) is 0 Å². The highest BCUT2D eigenvalue weighted by Crippen LogP contribution is 2.23. The summed E-state index contributed by atoms with van der Waals surface area (Å²) in [5, 5.41) is 12.6. The van der Waals surface area contributed by atoms with E-state index in [0.717, 1.165) is 32.2 Å². The highest BCUT2D eigenvalue weighted by molar-refractivity contribution is 5.92. The van der Waals surface area contributed by atoms with E-state index in [2.05, 4.69) is 5.16 Å². The number of aliphatic hydroxyl groups excluding tert-OH is 1. The molecule has 0 aromatic carbocycles. The molecule has 1 fully saturated rings. The van der Waals surface area contributed by atoms with Gasteiger partial charge >= 0.3 is 0 Å². The molecule has 1 aliphatic rings. The number of aliphatic hydroxyl groups is 1. The standard InChI is InChI=1S/C12H18N2O3/c1-9-8-11(13-17-9)12(16)14-6-2-4-10(14)5-3-7-15/h8,10,15H,2-7H2,1H3. The summed E-state index contributed by atoms with van der Waals surface area (Å²) in [5.74, 6) is 0.599. The van der Waals surface area contributed by atoms with E-state index < -0.39 is 0 Å². The monoisotopic (exact) mass is 238 g/mol. The molecule has 0 saturated carbocycles. The summed E-state index contributed by atoms with van der Waals surface area (Å²) in [5.41, 5.74) is 0.387. The van der Waals surface area contributed by atoms with E-state index in [0.29, 0.717) is 11.5 Å². The third-order valence-electron chi connectivity index (χ3n) is 3.18. The van der Waals surface area contributed by atoms with Crippen molar-refractivity contribution in [1.29, 1.82) is 0 Å². The number of likely N-dealkylation sites (tertiary alicyclic amines) is 1. The first-order valence-electron chi connectivity index (χ1n) is 6.07. The molecule has 5 nitrogen and oxygen atoms in total. The molecule has 1 aromatic rings. The minimum atomic E-state index is -0.0534. The highest BCUT2D eigenvalue weighted by atomic mass is 16.5. The van der Waals surface area contributed by atoms with Gasteiger partial charge in [-0.1, -0.05) is 5.16 Å². The molecule has 0 aliphatic carbocycles. The first-order chi connectivity index (χ1) is 8.22. The molecule has 2 heterocycles. The molecule has 17 heavy (non-hydrogen) atoms. The average Bonchev–Trinajstić information content (AvgIpc) is 2.94. The van der Waals surface area contributed by atoms with Crippen LogP contribution in [0.5, 0.6) is 0 Å². The smallest absolute Gasteiger partial charge is 0.276 e. The van der Waals surface area contributed by atoms with Gasteiger partial charge in [-0.3, -0.25) is 4.79 Å². The second-order valence-electron chi connectivity index (χ2n) is 4.48. The van der Waals surface area contributed by atoms with E-state index in [-0.39, 0.29) is 18.6 Å². The van der Waals surface area contributed by atoms with E-state index in [1.54, 1.807) is 13.0 Å². The van der Waals surface area contributed by atoms with Crippen LogP contribution in [0.4, 0.5) is 0 Å². The molecule has 0 spiro atoms. The van der Waals surface area contributed by atoms with Gasteiger partial charge in [-0.15, -0.1) is 0 Å². The summed E-state index contributed by atoms with van der Waals surface area (Å²) in [4.78, 5) is 14.0. The fourth-order valence-electron chi connectivity index (χ4n) is 2.34. The van der Waals surface area contributed by atoms with Crippen LogP contribution in [0, 0.1) is 6.92 Å². The topological polar surface area (TPSA) is 66.6 Å². The van der Waals surface area contributed by atoms with E-state index in [9.17, 15) is 4.79 Å². The summed E-state index contributed by atoms with van der Waals surface area (Å²) in [6.07, 6.45) is 3.65. The van der Waals surface area contributed by atoms with Crippen molar-refractivity contribution < 1.29 is 14.4 Å². The van der Waals surface area contributed by atoms with Gasteiger partial charge in [0.2, 0.25) is 0 Å². The number of carbonyl (C=O) groups is 1. The largest absolute Gasteiger partial charge is 0.396 e. The minimum absolute atomic E-state index is 0.0534. The van der Waals surface area contributed by atoms with E-state index in [1.165, 1.54) is 0 Å². The summed E-state index contributed by atoms with van der Waals surface area (Å²) in [6.45, 7) is 2.74. The van der Waals surface area contributed by atoms with Gasteiger partial charge < -0.3 is 14.5 Å². The third kappa shape index (κ3) is 2.66. The predicted octanol–water partition coefficient (Wildman–Crippen LogP) is 1.36. The van der Waals surface area contributed by atoms with Crippen LogP contribution in [0.3, 0.4) is 0 Å². The highest BCUT2D eigenvalue weighted by Gasteiger charge is 2.30. The van der Waals surface area contributed by atoms with Crippen molar-refractivity contribution in [3.8, 4) is 0 Å². The Bertz CT molecular complexity index is 389. The van der Waals surface area contributed by atoms with Crippen molar-refractivity contribution >= 4 is 5.91 Å². The maximum Gasteiger partial charge on any atom is 0.276 e. The van der Waals surface area contributed by atoms with Gasteiger partial charge in [0.15, 0.2) is 5.69 Å². The summed E-state index contributed by atoms with van der Waals surface area (Å²) < 4.78 is 4.92. The number of aryl methyl sites for hydroxylation is 1. The predicted molar refractivity (Wildman–Crippen MR) is 61.6 cm³/mol. The Morgan fingerprint density at radius 3 is 3.18 bits per heavy atom. The Hall–Kier alpha value is -1.36. The second-order valence-corrected chi connectivity index (χ2v) is 4.48. The number of carbonyl (C=O) groups excluding carboxylic acids is 1. The normalized spacial score (nSPS) is 19.9. The minimum Gasteiger partial charge on any atom is -0.396 e. The van der Waals surface area contributed by atoms with Crippen LogP contribution in [-0.4, -0.2) is 40.3 Å². The van der Waals surface area contributed by atoms with Crippen LogP contribution in [0.25, 0.3) is 0 Å². The molecular weight excluding hydrogens is 220 g/mol. The lowest BCUT2D eigenvalue weighted by molar-refractivity contribution is 0.0714. The van der Waals surface area contributed by atoms with Crippen LogP contribution in [0.1, 0.15) is 41.9 Å². The van der Waals surface area contributed by atoms with Crippen LogP contribution in [0.2, 0.25) is 0 Å². The quantitative estimate of drug-likeness (QED) is 0.860. The maximum atomic E-state index is 12.2. The number of hydrogen-bond donors (Lipinski definition) is 1. The Labute approximate surface area is 100 Å². The van der Waals surface area contributed by atoms with Gasteiger partial charge in [0.1, 0.15) is 5.76 Å². The number of amides is 1. The van der Waals surface area contributed by atoms with Crippen molar-refractivity contribution in [2.75, 3.05) is 13.2 Å². The molecule has 0 radical (unpaired) electrons. The zero-order chi connectivity index (χ0) is 12.3. The SMILES string of the molecule is Cc1cc(C(=O)N2CCCC2CCCO)no1. The summed E-state index contributed by atoms with van der Waals surface area (Å²) in [7, 11) is 0. The lowest BCUT2D eigenvalue weighted by Crippen LogP contribution is -2.35. The Morgan fingerprint density at radius 1 is 1.71 bits per heavy atom. The molecule has 1 saturated heterocycles. The van der Waals surface area contributed by atoms with Crippen molar-refractivity contribution in [2.45, 2.75) is 38.6 Å². The molecule has 1 atom stereocenters. The summed E-state index contributed by atoms with van der Waals surface area (Å²) in [6, 6.07) is 1.91. The number of rotatable bonds is 4.